The number of pyridine rings is 1. The van der Waals surface area contributed by atoms with Crippen molar-refractivity contribution in [1.29, 1.82) is 0 Å². The number of carbonyl (C=O) groups is 1. The highest BCUT2D eigenvalue weighted by atomic mass is 32.1. The molecule has 0 saturated carbocycles. The van der Waals surface area contributed by atoms with Crippen molar-refractivity contribution in [3.8, 4) is 0 Å². The lowest BCUT2D eigenvalue weighted by molar-refractivity contribution is 0.249. The van der Waals surface area contributed by atoms with Crippen molar-refractivity contribution in [1.82, 2.24) is 15.6 Å². The van der Waals surface area contributed by atoms with Gasteiger partial charge in [-0.3, -0.25) is 4.98 Å². The van der Waals surface area contributed by atoms with Crippen LogP contribution in [0.1, 0.15) is 18.5 Å². The van der Waals surface area contributed by atoms with E-state index >= 15 is 0 Å². The van der Waals surface area contributed by atoms with Crippen LogP contribution in [0.3, 0.4) is 0 Å². The van der Waals surface area contributed by atoms with Crippen molar-refractivity contribution < 1.29 is 4.79 Å². The molecule has 0 aromatic carbocycles. The lowest BCUT2D eigenvalue weighted by atomic mass is 10.1. The highest BCUT2D eigenvalue weighted by Crippen LogP contribution is 2.22. The highest BCUT2D eigenvalue weighted by Gasteiger charge is 2.06. The minimum atomic E-state index is -0.494. The van der Waals surface area contributed by atoms with E-state index in [4.69, 9.17) is 5.73 Å². The van der Waals surface area contributed by atoms with Crippen LogP contribution in [0.15, 0.2) is 23.7 Å². The first-order valence-electron chi connectivity index (χ1n) is 5.76. The van der Waals surface area contributed by atoms with Gasteiger partial charge in [-0.2, -0.15) is 0 Å². The quantitative estimate of drug-likeness (QED) is 0.718. The predicted octanol–water partition coefficient (Wildman–Crippen LogP) is 1.62. The second-order valence-corrected chi connectivity index (χ2v) is 4.99. The molecule has 0 bridgehead atoms. The molecule has 0 aliphatic rings. The van der Waals surface area contributed by atoms with E-state index in [0.717, 1.165) is 11.1 Å². The number of hydrogen-bond donors (Lipinski definition) is 3. The fourth-order valence-electron chi connectivity index (χ4n) is 1.69. The maximum atomic E-state index is 10.5. The molecule has 4 N–H and O–H groups in total. The molecule has 0 radical (unpaired) electrons. The van der Waals surface area contributed by atoms with Crippen LogP contribution in [0, 0.1) is 0 Å². The Morgan fingerprint density at radius 3 is 3.17 bits per heavy atom. The number of nitrogens with two attached hydrogens (primary N) is 1. The lowest BCUT2D eigenvalue weighted by Gasteiger charge is -2.13. The van der Waals surface area contributed by atoms with Crippen LogP contribution in [-0.2, 0) is 0 Å². The number of rotatable bonds is 5. The van der Waals surface area contributed by atoms with Crippen LogP contribution in [-0.4, -0.2) is 24.1 Å². The Balaban J connectivity index is 1.91. The maximum Gasteiger partial charge on any atom is 0.312 e. The summed E-state index contributed by atoms with van der Waals surface area (Å²) in [7, 11) is 0. The summed E-state index contributed by atoms with van der Waals surface area (Å²) in [5.41, 5.74) is 7.16. The number of fused-ring (bicyclic) bond motifs is 1. The summed E-state index contributed by atoms with van der Waals surface area (Å²) < 4.78 is 1.19. The molecule has 18 heavy (non-hydrogen) atoms. The number of amides is 2. The fourth-order valence-corrected chi connectivity index (χ4v) is 2.48. The third kappa shape index (κ3) is 3.18. The van der Waals surface area contributed by atoms with Gasteiger partial charge in [0.25, 0.3) is 0 Å². The Bertz CT molecular complexity index is 540. The Kier molecular flexibility index (Phi) is 4.11. The number of carbonyl (C=O) groups excluding carboxylic acids is 1. The van der Waals surface area contributed by atoms with E-state index in [-0.39, 0.29) is 6.04 Å². The van der Waals surface area contributed by atoms with Crippen LogP contribution < -0.4 is 16.4 Å². The van der Waals surface area contributed by atoms with Gasteiger partial charge in [0, 0.05) is 25.3 Å². The summed E-state index contributed by atoms with van der Waals surface area (Å²) in [5, 5.41) is 7.88. The zero-order valence-corrected chi connectivity index (χ0v) is 11.0. The summed E-state index contributed by atoms with van der Waals surface area (Å²) in [5.74, 6) is 0. The smallest absolute Gasteiger partial charge is 0.312 e. The number of nitrogens with one attached hydrogen (secondary N) is 2. The van der Waals surface area contributed by atoms with Gasteiger partial charge in [-0.25, -0.2) is 4.79 Å². The van der Waals surface area contributed by atoms with Crippen molar-refractivity contribution >= 4 is 27.6 Å². The van der Waals surface area contributed by atoms with E-state index < -0.39 is 6.03 Å². The van der Waals surface area contributed by atoms with Crippen molar-refractivity contribution in [2.24, 2.45) is 5.73 Å². The van der Waals surface area contributed by atoms with Gasteiger partial charge < -0.3 is 16.4 Å². The van der Waals surface area contributed by atoms with Crippen LogP contribution in [0.2, 0.25) is 0 Å². The average Bonchev–Trinajstić information content (AvgIpc) is 2.81. The number of urea groups is 1. The largest absolute Gasteiger partial charge is 0.352 e. The topological polar surface area (TPSA) is 80.0 Å². The van der Waals surface area contributed by atoms with Gasteiger partial charge in [0.1, 0.15) is 0 Å². The Hall–Kier alpha value is -1.66. The fraction of sp³-hybridized carbons (Fsp3) is 0.333. The first kappa shape index (κ1) is 12.8. The average molecular weight is 264 g/mol. The second-order valence-electron chi connectivity index (χ2n) is 4.04. The summed E-state index contributed by atoms with van der Waals surface area (Å²) in [6.45, 7) is 3.27. The van der Waals surface area contributed by atoms with Gasteiger partial charge in [-0.05, 0) is 30.0 Å². The van der Waals surface area contributed by atoms with Crippen LogP contribution >= 0.6 is 11.3 Å². The molecule has 2 aromatic rings. The monoisotopic (exact) mass is 264 g/mol. The summed E-state index contributed by atoms with van der Waals surface area (Å²) in [6, 6.07) is 3.86. The number of hydrogen-bond acceptors (Lipinski definition) is 4. The summed E-state index contributed by atoms with van der Waals surface area (Å²) in [6.07, 6.45) is 1.88. The maximum absolute atomic E-state index is 10.5. The Morgan fingerprint density at radius 2 is 2.39 bits per heavy atom. The molecule has 0 spiro atoms. The van der Waals surface area contributed by atoms with Gasteiger partial charge in [0.2, 0.25) is 0 Å². The second kappa shape index (κ2) is 5.79. The molecule has 0 aliphatic carbocycles. The minimum Gasteiger partial charge on any atom is -0.352 e. The molecule has 2 amide bonds. The molecule has 2 heterocycles. The minimum absolute atomic E-state index is 0.193. The predicted molar refractivity (Wildman–Crippen MR) is 73.6 cm³/mol. The van der Waals surface area contributed by atoms with Gasteiger partial charge >= 0.3 is 6.03 Å². The van der Waals surface area contributed by atoms with Crippen molar-refractivity contribution in [3.63, 3.8) is 0 Å². The van der Waals surface area contributed by atoms with E-state index in [1.54, 1.807) is 11.3 Å². The zero-order chi connectivity index (χ0) is 13.0. The van der Waals surface area contributed by atoms with E-state index in [9.17, 15) is 4.79 Å². The SMILES string of the molecule is CC(NCCNC(N)=O)c1cnc2ccsc2c1. The summed E-state index contributed by atoms with van der Waals surface area (Å²) >= 11 is 1.69. The molecule has 2 aromatic heterocycles. The number of aromatic nitrogens is 1. The molecule has 1 unspecified atom stereocenters. The van der Waals surface area contributed by atoms with Crippen molar-refractivity contribution in [3.05, 3.63) is 29.3 Å². The number of nitrogens with zero attached hydrogens (tertiary/aromatic N) is 1. The molecule has 96 valence electrons. The van der Waals surface area contributed by atoms with Crippen LogP contribution in [0.5, 0.6) is 0 Å². The molecule has 6 heteroatoms. The molecule has 0 saturated heterocycles. The van der Waals surface area contributed by atoms with Gasteiger partial charge in [0.15, 0.2) is 0 Å². The zero-order valence-electron chi connectivity index (χ0n) is 10.1. The van der Waals surface area contributed by atoms with Gasteiger partial charge in [0.05, 0.1) is 10.2 Å². The van der Waals surface area contributed by atoms with Crippen LogP contribution in [0.4, 0.5) is 4.79 Å². The standard InChI is InChI=1S/C12H16N4OS/c1-8(14-3-4-15-12(13)17)9-6-11-10(16-7-9)2-5-18-11/h2,5-8,14H,3-4H2,1H3,(H3,13,15,17). The number of thiophene rings is 1. The van der Waals surface area contributed by atoms with Gasteiger partial charge in [-0.1, -0.05) is 0 Å². The van der Waals surface area contributed by atoms with E-state index in [1.807, 2.05) is 17.6 Å². The Labute approximate surface area is 109 Å². The first-order valence-corrected chi connectivity index (χ1v) is 6.64. The van der Waals surface area contributed by atoms with E-state index in [2.05, 4.69) is 28.6 Å². The lowest BCUT2D eigenvalue weighted by Crippen LogP contribution is -2.36. The highest BCUT2D eigenvalue weighted by molar-refractivity contribution is 7.17. The molecule has 0 fully saturated rings. The number of primary amides is 1. The molecule has 5 nitrogen and oxygen atoms in total. The van der Waals surface area contributed by atoms with Crippen LogP contribution in [0.25, 0.3) is 10.2 Å². The third-order valence-electron chi connectivity index (χ3n) is 2.70. The first-order chi connectivity index (χ1) is 8.66. The molecule has 1 atom stereocenters. The normalized spacial score (nSPS) is 12.5. The van der Waals surface area contributed by atoms with Crippen molar-refractivity contribution in [2.45, 2.75) is 13.0 Å². The summed E-state index contributed by atoms with van der Waals surface area (Å²) in [4.78, 5) is 14.9. The van der Waals surface area contributed by atoms with Gasteiger partial charge in [-0.15, -0.1) is 11.3 Å². The molecule has 0 aliphatic heterocycles. The molecular formula is C12H16N4OS. The van der Waals surface area contributed by atoms with Crippen molar-refractivity contribution in [2.75, 3.05) is 13.1 Å². The molecular weight excluding hydrogens is 248 g/mol. The molecule has 2 rings (SSSR count). The van der Waals surface area contributed by atoms with E-state index in [1.165, 1.54) is 4.70 Å². The van der Waals surface area contributed by atoms with E-state index in [0.29, 0.717) is 13.1 Å². The Morgan fingerprint density at radius 1 is 1.56 bits per heavy atom. The third-order valence-corrected chi connectivity index (χ3v) is 3.55.